The van der Waals surface area contributed by atoms with E-state index in [-0.39, 0.29) is 6.54 Å². The molecule has 0 saturated carbocycles. The standard InChI is InChI=1S/C13H15NO5/c15-12(16)11-9-14(7-4-8-18-11)13(17)19-10-5-2-1-3-6-10/h1-3,5-6,11H,4,7-9H2,(H,15,16)/t11-/m0/s1. The van der Waals surface area contributed by atoms with Gasteiger partial charge in [-0.05, 0) is 18.6 Å². The van der Waals surface area contributed by atoms with Crippen molar-refractivity contribution < 1.29 is 24.2 Å². The number of carbonyl (C=O) groups is 2. The van der Waals surface area contributed by atoms with Gasteiger partial charge in [0.25, 0.3) is 0 Å². The zero-order valence-corrected chi connectivity index (χ0v) is 10.3. The van der Waals surface area contributed by atoms with Gasteiger partial charge in [-0.25, -0.2) is 9.59 Å². The van der Waals surface area contributed by atoms with Gasteiger partial charge >= 0.3 is 12.1 Å². The molecule has 0 bridgehead atoms. The van der Waals surface area contributed by atoms with Crippen molar-refractivity contribution in [2.24, 2.45) is 0 Å². The average Bonchev–Trinajstić information content (AvgIpc) is 2.65. The monoisotopic (exact) mass is 265 g/mol. The van der Waals surface area contributed by atoms with E-state index >= 15 is 0 Å². The molecule has 1 amide bonds. The fraction of sp³-hybridized carbons (Fsp3) is 0.385. The van der Waals surface area contributed by atoms with Crippen molar-refractivity contribution in [2.45, 2.75) is 12.5 Å². The molecule has 0 aromatic heterocycles. The molecule has 1 heterocycles. The molecule has 2 rings (SSSR count). The normalized spacial score (nSPS) is 19.6. The van der Waals surface area contributed by atoms with Crippen molar-refractivity contribution >= 4 is 12.1 Å². The molecule has 6 heteroatoms. The number of hydrogen-bond donors (Lipinski definition) is 1. The molecule has 0 radical (unpaired) electrons. The Bertz CT molecular complexity index is 448. The highest BCUT2D eigenvalue weighted by Crippen LogP contribution is 2.13. The summed E-state index contributed by atoms with van der Waals surface area (Å²) >= 11 is 0. The molecule has 1 atom stereocenters. The number of ether oxygens (including phenoxy) is 2. The summed E-state index contributed by atoms with van der Waals surface area (Å²) in [4.78, 5) is 24.2. The third-order valence-corrected chi connectivity index (χ3v) is 2.76. The molecule has 1 aliphatic heterocycles. The molecule has 1 saturated heterocycles. The number of benzene rings is 1. The molecule has 19 heavy (non-hydrogen) atoms. The molecule has 0 spiro atoms. The van der Waals surface area contributed by atoms with Gasteiger partial charge in [-0.15, -0.1) is 0 Å². The van der Waals surface area contributed by atoms with Crippen LogP contribution in [0.3, 0.4) is 0 Å². The Morgan fingerprint density at radius 2 is 2.05 bits per heavy atom. The maximum absolute atomic E-state index is 11.9. The van der Waals surface area contributed by atoms with E-state index in [2.05, 4.69) is 0 Å². The van der Waals surface area contributed by atoms with Crippen LogP contribution in [-0.2, 0) is 9.53 Å². The highest BCUT2D eigenvalue weighted by Gasteiger charge is 2.28. The second-order valence-corrected chi connectivity index (χ2v) is 4.18. The molecule has 102 valence electrons. The first-order chi connectivity index (χ1) is 9.16. The predicted octanol–water partition coefficient (Wildman–Crippen LogP) is 1.36. The maximum Gasteiger partial charge on any atom is 0.415 e. The lowest BCUT2D eigenvalue weighted by Gasteiger charge is -2.21. The molecule has 1 aromatic carbocycles. The Labute approximate surface area is 110 Å². The third-order valence-electron chi connectivity index (χ3n) is 2.76. The summed E-state index contributed by atoms with van der Waals surface area (Å²) in [5.74, 6) is -0.635. The SMILES string of the molecule is O=C(O)[C@@H]1CN(C(=O)Oc2ccccc2)CCCO1. The topological polar surface area (TPSA) is 76.1 Å². The van der Waals surface area contributed by atoms with Crippen LogP contribution in [0.5, 0.6) is 5.75 Å². The van der Waals surface area contributed by atoms with E-state index in [1.54, 1.807) is 24.3 Å². The summed E-state index contributed by atoms with van der Waals surface area (Å²) in [7, 11) is 0. The van der Waals surface area contributed by atoms with Gasteiger partial charge in [0.2, 0.25) is 0 Å². The lowest BCUT2D eigenvalue weighted by molar-refractivity contribution is -0.150. The number of nitrogens with zero attached hydrogens (tertiary/aromatic N) is 1. The second kappa shape index (κ2) is 6.19. The molecule has 1 N–H and O–H groups in total. The number of aliphatic carboxylic acids is 1. The average molecular weight is 265 g/mol. The van der Waals surface area contributed by atoms with Crippen molar-refractivity contribution in [2.75, 3.05) is 19.7 Å². The van der Waals surface area contributed by atoms with Crippen molar-refractivity contribution in [3.05, 3.63) is 30.3 Å². The Balaban J connectivity index is 1.99. The number of rotatable bonds is 2. The van der Waals surface area contributed by atoms with Crippen LogP contribution in [0.4, 0.5) is 4.79 Å². The van der Waals surface area contributed by atoms with Crippen LogP contribution in [0.15, 0.2) is 30.3 Å². The van der Waals surface area contributed by atoms with Crippen molar-refractivity contribution in [1.29, 1.82) is 0 Å². The van der Waals surface area contributed by atoms with E-state index in [0.29, 0.717) is 25.3 Å². The molecular weight excluding hydrogens is 250 g/mol. The number of para-hydroxylation sites is 1. The summed E-state index contributed by atoms with van der Waals surface area (Å²) in [6, 6.07) is 8.67. The van der Waals surface area contributed by atoms with Crippen LogP contribution in [0.1, 0.15) is 6.42 Å². The predicted molar refractivity (Wildman–Crippen MR) is 66.0 cm³/mol. The van der Waals surface area contributed by atoms with E-state index in [1.807, 2.05) is 6.07 Å². The van der Waals surface area contributed by atoms with Gasteiger partial charge in [0.1, 0.15) is 5.75 Å². The summed E-state index contributed by atoms with van der Waals surface area (Å²) in [6.07, 6.45) is -0.956. The van der Waals surface area contributed by atoms with Gasteiger partial charge in [0.15, 0.2) is 6.10 Å². The molecule has 0 unspecified atom stereocenters. The van der Waals surface area contributed by atoms with Crippen molar-refractivity contribution in [3.63, 3.8) is 0 Å². The number of amides is 1. The zero-order valence-electron chi connectivity index (χ0n) is 10.3. The van der Waals surface area contributed by atoms with Gasteiger partial charge in [-0.2, -0.15) is 0 Å². The van der Waals surface area contributed by atoms with E-state index in [0.717, 1.165) is 0 Å². The van der Waals surface area contributed by atoms with Gasteiger partial charge in [-0.1, -0.05) is 18.2 Å². The second-order valence-electron chi connectivity index (χ2n) is 4.18. The van der Waals surface area contributed by atoms with Crippen molar-refractivity contribution in [3.8, 4) is 5.75 Å². The quantitative estimate of drug-likeness (QED) is 0.873. The lowest BCUT2D eigenvalue weighted by atomic mass is 10.3. The van der Waals surface area contributed by atoms with E-state index in [1.165, 1.54) is 4.90 Å². The minimum Gasteiger partial charge on any atom is -0.479 e. The molecule has 1 aromatic rings. The molecule has 1 aliphatic rings. The van der Waals surface area contributed by atoms with Crippen LogP contribution in [0.25, 0.3) is 0 Å². The highest BCUT2D eigenvalue weighted by molar-refractivity contribution is 5.75. The zero-order chi connectivity index (χ0) is 13.7. The maximum atomic E-state index is 11.9. The largest absolute Gasteiger partial charge is 0.479 e. The van der Waals surface area contributed by atoms with Gasteiger partial charge < -0.3 is 19.5 Å². The molecule has 1 fully saturated rings. The number of carboxylic acid groups (broad SMARTS) is 1. The van der Waals surface area contributed by atoms with Crippen LogP contribution >= 0.6 is 0 Å². The fourth-order valence-corrected chi connectivity index (χ4v) is 1.79. The Morgan fingerprint density at radius 3 is 2.74 bits per heavy atom. The summed E-state index contributed by atoms with van der Waals surface area (Å²) in [5.41, 5.74) is 0. The summed E-state index contributed by atoms with van der Waals surface area (Å²) < 4.78 is 10.3. The van der Waals surface area contributed by atoms with Crippen LogP contribution < -0.4 is 4.74 Å². The minimum absolute atomic E-state index is 0.000992. The van der Waals surface area contributed by atoms with E-state index in [9.17, 15) is 9.59 Å². The number of carboxylic acids is 1. The first kappa shape index (κ1) is 13.4. The van der Waals surface area contributed by atoms with Gasteiger partial charge in [0, 0.05) is 13.2 Å². The Morgan fingerprint density at radius 1 is 1.32 bits per heavy atom. The number of carbonyl (C=O) groups excluding carboxylic acids is 1. The van der Waals surface area contributed by atoms with Crippen molar-refractivity contribution in [1.82, 2.24) is 4.90 Å². The van der Waals surface area contributed by atoms with Crippen LogP contribution in [-0.4, -0.2) is 47.9 Å². The Hall–Kier alpha value is -2.08. The van der Waals surface area contributed by atoms with Gasteiger partial charge in [-0.3, -0.25) is 0 Å². The highest BCUT2D eigenvalue weighted by atomic mass is 16.6. The lowest BCUT2D eigenvalue weighted by Crippen LogP contribution is -2.41. The summed E-state index contributed by atoms with van der Waals surface area (Å²) in [5, 5.41) is 8.95. The Kier molecular flexibility index (Phi) is 4.35. The first-order valence-electron chi connectivity index (χ1n) is 6.03. The third kappa shape index (κ3) is 3.69. The van der Waals surface area contributed by atoms with E-state index < -0.39 is 18.2 Å². The molecule has 6 nitrogen and oxygen atoms in total. The van der Waals surface area contributed by atoms with E-state index in [4.69, 9.17) is 14.6 Å². The molecular formula is C13H15NO5. The van der Waals surface area contributed by atoms with Crippen LogP contribution in [0.2, 0.25) is 0 Å². The molecule has 0 aliphatic carbocycles. The smallest absolute Gasteiger partial charge is 0.415 e. The number of hydrogen-bond acceptors (Lipinski definition) is 4. The first-order valence-corrected chi connectivity index (χ1v) is 6.03. The summed E-state index contributed by atoms with van der Waals surface area (Å²) in [6.45, 7) is 0.753. The fourth-order valence-electron chi connectivity index (χ4n) is 1.79. The van der Waals surface area contributed by atoms with Crippen LogP contribution in [0, 0.1) is 0 Å². The van der Waals surface area contributed by atoms with Gasteiger partial charge in [0.05, 0.1) is 6.54 Å². The minimum atomic E-state index is -1.07.